The van der Waals surface area contributed by atoms with Crippen LogP contribution in [0.15, 0.2) is 16.8 Å². The summed E-state index contributed by atoms with van der Waals surface area (Å²) in [4.78, 5) is 0. The molecule has 1 fully saturated rings. The van der Waals surface area contributed by atoms with Crippen molar-refractivity contribution in [1.82, 2.24) is 10.5 Å². The molecular weight excluding hydrogens is 233 g/mol. The molecule has 1 aliphatic carbocycles. The number of aromatic nitrogens is 1. The number of nitrogens with zero attached hydrogens (tertiary/aromatic N) is 1. The first-order chi connectivity index (χ1) is 8.05. The number of alkyl halides is 3. The van der Waals surface area contributed by atoms with Gasteiger partial charge in [0.1, 0.15) is 5.76 Å². The van der Waals surface area contributed by atoms with E-state index in [1.54, 1.807) is 12.3 Å². The first-order valence-electron chi connectivity index (χ1n) is 5.75. The predicted octanol–water partition coefficient (Wildman–Crippen LogP) is 2.89. The number of hydrogen-bond donors (Lipinski definition) is 1. The largest absolute Gasteiger partial charge is 0.391 e. The number of rotatable bonds is 3. The van der Waals surface area contributed by atoms with E-state index in [1.807, 2.05) is 0 Å². The van der Waals surface area contributed by atoms with Crippen molar-refractivity contribution in [2.45, 2.75) is 44.4 Å². The molecule has 2 rings (SSSR count). The molecule has 3 nitrogen and oxygen atoms in total. The maximum Gasteiger partial charge on any atom is 0.391 e. The van der Waals surface area contributed by atoms with Gasteiger partial charge in [0.15, 0.2) is 0 Å². The average molecular weight is 248 g/mol. The van der Waals surface area contributed by atoms with Crippen LogP contribution in [0, 0.1) is 5.92 Å². The minimum atomic E-state index is -4.03. The monoisotopic (exact) mass is 248 g/mol. The molecule has 0 unspecified atom stereocenters. The summed E-state index contributed by atoms with van der Waals surface area (Å²) >= 11 is 0. The second kappa shape index (κ2) is 5.08. The minimum Gasteiger partial charge on any atom is -0.360 e. The van der Waals surface area contributed by atoms with E-state index in [0.29, 0.717) is 25.1 Å². The molecule has 0 spiro atoms. The van der Waals surface area contributed by atoms with Crippen molar-refractivity contribution in [3.05, 3.63) is 18.0 Å². The Bertz CT molecular complexity index is 329. The van der Waals surface area contributed by atoms with Crippen molar-refractivity contribution in [1.29, 1.82) is 0 Å². The Balaban J connectivity index is 1.72. The molecule has 0 aromatic carbocycles. The maximum absolute atomic E-state index is 12.4. The van der Waals surface area contributed by atoms with E-state index in [1.165, 1.54) is 0 Å². The molecule has 0 aliphatic heterocycles. The van der Waals surface area contributed by atoms with Crippen molar-refractivity contribution in [3.8, 4) is 0 Å². The van der Waals surface area contributed by atoms with Crippen LogP contribution >= 0.6 is 0 Å². The zero-order valence-electron chi connectivity index (χ0n) is 9.33. The SMILES string of the molecule is FC(F)(F)C1CCC(NCc2ccno2)CC1. The first kappa shape index (κ1) is 12.4. The van der Waals surface area contributed by atoms with Crippen LogP contribution in [0.2, 0.25) is 0 Å². The molecule has 96 valence electrons. The van der Waals surface area contributed by atoms with Crippen LogP contribution in [-0.2, 0) is 6.54 Å². The topological polar surface area (TPSA) is 38.1 Å². The van der Waals surface area contributed by atoms with Gasteiger partial charge in [-0.25, -0.2) is 0 Å². The fraction of sp³-hybridized carbons (Fsp3) is 0.727. The highest BCUT2D eigenvalue weighted by Gasteiger charge is 2.41. The molecule has 1 saturated carbocycles. The average Bonchev–Trinajstić information content (AvgIpc) is 2.78. The second-order valence-electron chi connectivity index (χ2n) is 4.45. The lowest BCUT2D eigenvalue weighted by Crippen LogP contribution is -2.36. The Labute approximate surface area is 97.4 Å². The summed E-state index contributed by atoms with van der Waals surface area (Å²) in [5.74, 6) is -0.409. The second-order valence-corrected chi connectivity index (χ2v) is 4.45. The summed E-state index contributed by atoms with van der Waals surface area (Å²) in [6.45, 7) is 0.529. The maximum atomic E-state index is 12.4. The van der Waals surface area contributed by atoms with Crippen LogP contribution < -0.4 is 5.32 Å². The Morgan fingerprint density at radius 2 is 2.00 bits per heavy atom. The third-order valence-electron chi connectivity index (χ3n) is 3.25. The zero-order chi connectivity index (χ0) is 12.3. The number of halogens is 3. The Morgan fingerprint density at radius 1 is 1.29 bits per heavy atom. The molecule has 0 bridgehead atoms. The number of hydrogen-bond acceptors (Lipinski definition) is 3. The van der Waals surface area contributed by atoms with Gasteiger partial charge in [-0.2, -0.15) is 13.2 Å². The van der Waals surface area contributed by atoms with Gasteiger partial charge in [-0.3, -0.25) is 0 Å². The normalized spacial score (nSPS) is 26.1. The molecule has 1 aliphatic rings. The van der Waals surface area contributed by atoms with Gasteiger partial charge < -0.3 is 9.84 Å². The van der Waals surface area contributed by atoms with Crippen LogP contribution in [0.3, 0.4) is 0 Å². The van der Waals surface area contributed by atoms with Crippen LogP contribution in [-0.4, -0.2) is 17.4 Å². The molecule has 1 aromatic heterocycles. The van der Waals surface area contributed by atoms with Gasteiger partial charge in [0.05, 0.1) is 18.7 Å². The molecule has 1 aromatic rings. The van der Waals surface area contributed by atoms with Gasteiger partial charge in [0, 0.05) is 12.1 Å². The van der Waals surface area contributed by atoms with Crippen LogP contribution in [0.1, 0.15) is 31.4 Å². The molecule has 0 amide bonds. The lowest BCUT2D eigenvalue weighted by Gasteiger charge is -2.30. The lowest BCUT2D eigenvalue weighted by atomic mass is 9.85. The van der Waals surface area contributed by atoms with Gasteiger partial charge in [0.25, 0.3) is 0 Å². The van der Waals surface area contributed by atoms with E-state index in [2.05, 4.69) is 10.5 Å². The molecule has 0 atom stereocenters. The van der Waals surface area contributed by atoms with Gasteiger partial charge >= 0.3 is 6.18 Å². The van der Waals surface area contributed by atoms with Crippen molar-refractivity contribution in [2.24, 2.45) is 5.92 Å². The highest BCUT2D eigenvalue weighted by Crippen LogP contribution is 2.37. The van der Waals surface area contributed by atoms with Crippen molar-refractivity contribution in [2.75, 3.05) is 0 Å². The van der Waals surface area contributed by atoms with E-state index < -0.39 is 12.1 Å². The summed E-state index contributed by atoms with van der Waals surface area (Å²) in [6, 6.07) is 1.90. The summed E-state index contributed by atoms with van der Waals surface area (Å²) < 4.78 is 42.2. The van der Waals surface area contributed by atoms with E-state index in [4.69, 9.17) is 4.52 Å². The quantitative estimate of drug-likeness (QED) is 0.893. The highest BCUT2D eigenvalue weighted by molar-refractivity contribution is 4.93. The summed E-state index contributed by atoms with van der Waals surface area (Å²) in [7, 11) is 0. The van der Waals surface area contributed by atoms with E-state index in [-0.39, 0.29) is 18.9 Å². The van der Waals surface area contributed by atoms with Crippen LogP contribution in [0.25, 0.3) is 0 Å². The van der Waals surface area contributed by atoms with Crippen molar-refractivity contribution in [3.63, 3.8) is 0 Å². The zero-order valence-corrected chi connectivity index (χ0v) is 9.33. The van der Waals surface area contributed by atoms with Gasteiger partial charge in [-0.1, -0.05) is 5.16 Å². The third-order valence-corrected chi connectivity index (χ3v) is 3.25. The van der Waals surface area contributed by atoms with E-state index >= 15 is 0 Å². The van der Waals surface area contributed by atoms with E-state index in [0.717, 1.165) is 0 Å². The molecule has 17 heavy (non-hydrogen) atoms. The molecule has 1 N–H and O–H groups in total. The standard InChI is InChI=1S/C11H15F3N2O/c12-11(13,14)8-1-3-9(4-2-8)15-7-10-5-6-16-17-10/h5-6,8-9,15H,1-4,7H2. The molecule has 1 heterocycles. The van der Waals surface area contributed by atoms with Crippen LogP contribution in [0.5, 0.6) is 0 Å². The minimum absolute atomic E-state index is 0.152. The molecule has 6 heteroatoms. The Hall–Kier alpha value is -1.04. The van der Waals surface area contributed by atoms with Crippen molar-refractivity contribution < 1.29 is 17.7 Å². The van der Waals surface area contributed by atoms with E-state index in [9.17, 15) is 13.2 Å². The first-order valence-corrected chi connectivity index (χ1v) is 5.75. The summed E-state index contributed by atoms with van der Waals surface area (Å²) in [5.41, 5.74) is 0. The molecular formula is C11H15F3N2O. The van der Waals surface area contributed by atoms with Gasteiger partial charge in [0.2, 0.25) is 0 Å². The fourth-order valence-electron chi connectivity index (χ4n) is 2.20. The summed E-state index contributed by atoms with van der Waals surface area (Å²) in [6.07, 6.45) is -0.904. The fourth-order valence-corrected chi connectivity index (χ4v) is 2.20. The van der Waals surface area contributed by atoms with Crippen LogP contribution in [0.4, 0.5) is 13.2 Å². The Kier molecular flexibility index (Phi) is 3.71. The lowest BCUT2D eigenvalue weighted by molar-refractivity contribution is -0.182. The predicted molar refractivity (Wildman–Crippen MR) is 55.1 cm³/mol. The molecule has 0 saturated heterocycles. The Morgan fingerprint density at radius 3 is 2.53 bits per heavy atom. The smallest absolute Gasteiger partial charge is 0.360 e. The number of nitrogens with one attached hydrogen (secondary N) is 1. The highest BCUT2D eigenvalue weighted by atomic mass is 19.4. The van der Waals surface area contributed by atoms with Gasteiger partial charge in [-0.05, 0) is 25.7 Å². The third kappa shape index (κ3) is 3.46. The van der Waals surface area contributed by atoms with Gasteiger partial charge in [-0.15, -0.1) is 0 Å². The summed E-state index contributed by atoms with van der Waals surface area (Å²) in [5, 5.41) is 6.76. The molecule has 0 radical (unpaired) electrons. The van der Waals surface area contributed by atoms with Crippen molar-refractivity contribution >= 4 is 0 Å².